The highest BCUT2D eigenvalue weighted by Crippen LogP contribution is 2.52. The van der Waals surface area contributed by atoms with Crippen LogP contribution in [0.4, 0.5) is 0 Å². The molecule has 2 N–H and O–H groups in total. The van der Waals surface area contributed by atoms with Gasteiger partial charge in [0.1, 0.15) is 0 Å². The highest BCUT2D eigenvalue weighted by Gasteiger charge is 2.24. The molecule has 0 aliphatic heterocycles. The van der Waals surface area contributed by atoms with E-state index in [0.717, 1.165) is 11.1 Å². The van der Waals surface area contributed by atoms with E-state index in [1.165, 1.54) is 14.2 Å². The van der Waals surface area contributed by atoms with Gasteiger partial charge in [0.25, 0.3) is 0 Å². The van der Waals surface area contributed by atoms with Crippen LogP contribution >= 0.6 is 31.9 Å². The number of aryl methyl sites for hydroxylation is 2. The van der Waals surface area contributed by atoms with E-state index in [0.29, 0.717) is 31.6 Å². The van der Waals surface area contributed by atoms with Crippen LogP contribution < -0.4 is 9.47 Å². The third-order valence-electron chi connectivity index (χ3n) is 3.46. The predicted molar refractivity (Wildman–Crippen MR) is 93.2 cm³/mol. The number of hydrogen-bond donors (Lipinski definition) is 2. The van der Waals surface area contributed by atoms with E-state index in [-0.39, 0.29) is 11.5 Å². The summed E-state index contributed by atoms with van der Waals surface area (Å²) in [6, 6.07) is 3.45. The van der Waals surface area contributed by atoms with E-state index in [1.807, 2.05) is 13.8 Å². The molecule has 6 heteroatoms. The molecule has 0 aromatic heterocycles. The Labute approximate surface area is 145 Å². The number of aromatic hydroxyl groups is 2. The van der Waals surface area contributed by atoms with Crippen LogP contribution in [0.15, 0.2) is 21.1 Å². The van der Waals surface area contributed by atoms with Gasteiger partial charge in [-0.25, -0.2) is 0 Å². The number of halogens is 2. The number of methoxy groups -OCH3 is 2. The number of rotatable bonds is 3. The molecule has 2 rings (SSSR count). The van der Waals surface area contributed by atoms with Crippen molar-refractivity contribution in [1.29, 1.82) is 0 Å². The van der Waals surface area contributed by atoms with Crippen LogP contribution in [0.1, 0.15) is 11.1 Å². The molecular weight excluding hydrogens is 416 g/mol. The second kappa shape index (κ2) is 6.38. The van der Waals surface area contributed by atoms with Crippen LogP contribution in [-0.4, -0.2) is 24.4 Å². The molecule has 0 aliphatic carbocycles. The summed E-state index contributed by atoms with van der Waals surface area (Å²) < 4.78 is 11.8. The smallest absolute Gasteiger partial charge is 0.167 e. The number of ether oxygens (including phenoxy) is 2. The van der Waals surface area contributed by atoms with Gasteiger partial charge in [-0.1, -0.05) is 0 Å². The van der Waals surface area contributed by atoms with Crippen LogP contribution in [-0.2, 0) is 0 Å². The van der Waals surface area contributed by atoms with E-state index in [1.54, 1.807) is 12.1 Å². The van der Waals surface area contributed by atoms with E-state index < -0.39 is 0 Å². The molecule has 0 saturated carbocycles. The van der Waals surface area contributed by atoms with Gasteiger partial charge in [-0.2, -0.15) is 0 Å². The largest absolute Gasteiger partial charge is 0.504 e. The molecule has 0 heterocycles. The summed E-state index contributed by atoms with van der Waals surface area (Å²) in [5.41, 5.74) is 2.64. The van der Waals surface area contributed by atoms with E-state index in [2.05, 4.69) is 31.9 Å². The van der Waals surface area contributed by atoms with E-state index >= 15 is 0 Å². The first-order valence-corrected chi connectivity index (χ1v) is 8.04. The summed E-state index contributed by atoms with van der Waals surface area (Å²) in [5.74, 6) is 0.567. The van der Waals surface area contributed by atoms with Crippen LogP contribution in [0.2, 0.25) is 0 Å². The molecule has 4 nitrogen and oxygen atoms in total. The van der Waals surface area contributed by atoms with E-state index in [9.17, 15) is 10.2 Å². The Kier molecular flexibility index (Phi) is 4.92. The zero-order valence-electron chi connectivity index (χ0n) is 12.6. The molecule has 0 bridgehead atoms. The zero-order valence-corrected chi connectivity index (χ0v) is 15.8. The van der Waals surface area contributed by atoms with Crippen molar-refractivity contribution in [3.05, 3.63) is 32.2 Å². The van der Waals surface area contributed by atoms with Gasteiger partial charge in [-0.3, -0.25) is 0 Å². The lowest BCUT2D eigenvalue weighted by atomic mass is 9.98. The summed E-state index contributed by atoms with van der Waals surface area (Å²) in [4.78, 5) is 0. The average molecular weight is 432 g/mol. The summed E-state index contributed by atoms with van der Waals surface area (Å²) in [7, 11) is 2.97. The van der Waals surface area contributed by atoms with Gasteiger partial charge in [-0.05, 0) is 69.0 Å². The molecule has 0 saturated heterocycles. The average Bonchev–Trinajstić information content (AvgIpc) is 2.49. The van der Waals surface area contributed by atoms with Crippen molar-refractivity contribution in [2.45, 2.75) is 13.8 Å². The molecule has 0 unspecified atom stereocenters. The van der Waals surface area contributed by atoms with Crippen LogP contribution in [0.3, 0.4) is 0 Å². The standard InChI is InChI=1S/C16H16Br2O4/c1-7-5-9(21-3)15(19)11(13(7)17)12-14(18)8(2)6-10(22-4)16(12)20/h5-6,19-20H,1-4H3. The molecule has 0 aliphatic rings. The second-order valence-corrected chi connectivity index (χ2v) is 6.45. The summed E-state index contributed by atoms with van der Waals surface area (Å²) in [5, 5.41) is 21.0. The number of phenolic OH excluding ortho intramolecular Hbond substituents is 2. The van der Waals surface area contributed by atoms with Crippen LogP contribution in [0, 0.1) is 13.8 Å². The van der Waals surface area contributed by atoms with Gasteiger partial charge in [0, 0.05) is 20.1 Å². The van der Waals surface area contributed by atoms with Crippen molar-refractivity contribution >= 4 is 31.9 Å². The maximum absolute atomic E-state index is 10.5. The Morgan fingerprint density at radius 1 is 0.773 bits per heavy atom. The molecular formula is C16H16Br2O4. The summed E-state index contributed by atoms with van der Waals surface area (Å²) in [6.45, 7) is 3.76. The predicted octanol–water partition coefficient (Wildman–Crippen LogP) is 4.92. The third-order valence-corrected chi connectivity index (χ3v) is 5.50. The van der Waals surface area contributed by atoms with Crippen molar-refractivity contribution in [3.63, 3.8) is 0 Å². The van der Waals surface area contributed by atoms with Crippen molar-refractivity contribution in [2.24, 2.45) is 0 Å². The highest BCUT2D eigenvalue weighted by atomic mass is 79.9. The number of benzene rings is 2. The van der Waals surface area contributed by atoms with Gasteiger partial charge in [0.2, 0.25) is 0 Å². The van der Waals surface area contributed by atoms with Gasteiger partial charge in [-0.15, -0.1) is 0 Å². The van der Waals surface area contributed by atoms with Crippen molar-refractivity contribution in [1.82, 2.24) is 0 Å². The van der Waals surface area contributed by atoms with Gasteiger partial charge in [0.05, 0.1) is 14.2 Å². The second-order valence-electron chi connectivity index (χ2n) is 4.87. The van der Waals surface area contributed by atoms with Crippen molar-refractivity contribution in [2.75, 3.05) is 14.2 Å². The molecule has 118 valence electrons. The fourth-order valence-corrected chi connectivity index (χ4v) is 3.27. The molecule has 0 atom stereocenters. The molecule has 2 aromatic carbocycles. The van der Waals surface area contributed by atoms with Gasteiger partial charge < -0.3 is 19.7 Å². The molecule has 0 amide bonds. The summed E-state index contributed by atoms with van der Waals surface area (Å²) >= 11 is 6.96. The minimum Gasteiger partial charge on any atom is -0.504 e. The topological polar surface area (TPSA) is 58.9 Å². The minimum absolute atomic E-state index is 0.0522. The highest BCUT2D eigenvalue weighted by molar-refractivity contribution is 9.11. The quantitative estimate of drug-likeness (QED) is 0.723. The van der Waals surface area contributed by atoms with E-state index in [4.69, 9.17) is 9.47 Å². The Hall–Kier alpha value is -1.40. The monoisotopic (exact) mass is 430 g/mol. The SMILES string of the molecule is COc1cc(C)c(Br)c(-c2c(O)c(OC)cc(C)c2Br)c1O. The first-order chi connectivity index (χ1) is 10.3. The van der Waals surface area contributed by atoms with Crippen LogP contribution in [0.5, 0.6) is 23.0 Å². The maximum Gasteiger partial charge on any atom is 0.167 e. The third kappa shape index (κ3) is 2.65. The zero-order chi connectivity index (χ0) is 16.6. The Balaban J connectivity index is 2.94. The van der Waals surface area contributed by atoms with Crippen molar-refractivity contribution in [3.8, 4) is 34.1 Å². The number of hydrogen-bond acceptors (Lipinski definition) is 4. The molecule has 0 spiro atoms. The lowest BCUT2D eigenvalue weighted by Gasteiger charge is -2.18. The fourth-order valence-electron chi connectivity index (χ4n) is 2.27. The lowest BCUT2D eigenvalue weighted by molar-refractivity contribution is 0.370. The maximum atomic E-state index is 10.5. The fraction of sp³-hybridized carbons (Fsp3) is 0.250. The van der Waals surface area contributed by atoms with Crippen molar-refractivity contribution < 1.29 is 19.7 Å². The van der Waals surface area contributed by atoms with Gasteiger partial charge in [0.15, 0.2) is 23.0 Å². The number of phenols is 2. The van der Waals surface area contributed by atoms with Crippen LogP contribution in [0.25, 0.3) is 11.1 Å². The Morgan fingerprint density at radius 2 is 1.09 bits per heavy atom. The first kappa shape index (κ1) is 17.0. The molecule has 0 fully saturated rings. The Morgan fingerprint density at radius 3 is 1.36 bits per heavy atom. The molecule has 2 aromatic rings. The molecule has 0 radical (unpaired) electrons. The Bertz CT molecular complexity index is 678. The first-order valence-electron chi connectivity index (χ1n) is 6.45. The normalized spacial score (nSPS) is 10.6. The minimum atomic E-state index is -0.0522. The van der Waals surface area contributed by atoms with Gasteiger partial charge >= 0.3 is 0 Å². The molecule has 22 heavy (non-hydrogen) atoms. The summed E-state index contributed by atoms with van der Waals surface area (Å²) in [6.07, 6.45) is 0. The lowest BCUT2D eigenvalue weighted by Crippen LogP contribution is -1.95.